The molecule has 23 heavy (non-hydrogen) atoms. The highest BCUT2D eigenvalue weighted by Crippen LogP contribution is 2.14. The Balaban J connectivity index is 2.54. The quantitative estimate of drug-likeness (QED) is 0.388. The van der Waals surface area contributed by atoms with Crippen molar-refractivity contribution < 1.29 is 4.74 Å². The van der Waals surface area contributed by atoms with E-state index in [1.807, 2.05) is 38.0 Å². The second-order valence-corrected chi connectivity index (χ2v) is 6.40. The molecule has 130 valence electrons. The number of aliphatic imine (C=N–C) groups is 1. The third-order valence-corrected chi connectivity index (χ3v) is 3.68. The lowest BCUT2D eigenvalue weighted by molar-refractivity contribution is 0.261. The van der Waals surface area contributed by atoms with E-state index < -0.39 is 0 Å². The van der Waals surface area contributed by atoms with Gasteiger partial charge in [-0.05, 0) is 45.0 Å². The van der Waals surface area contributed by atoms with E-state index in [9.17, 15) is 0 Å². The minimum atomic E-state index is 0.638. The molecule has 0 aliphatic carbocycles. The van der Waals surface area contributed by atoms with Crippen molar-refractivity contribution in [2.45, 2.75) is 13.5 Å². The number of likely N-dealkylation sites (N-methyl/N-ethyl adjacent to an activating group) is 1. The van der Waals surface area contributed by atoms with E-state index in [2.05, 4.69) is 45.8 Å². The number of rotatable bonds is 10. The van der Waals surface area contributed by atoms with Crippen LogP contribution in [-0.2, 0) is 6.54 Å². The van der Waals surface area contributed by atoms with Crippen molar-refractivity contribution in [2.24, 2.45) is 4.99 Å². The number of hydrogen-bond donors (Lipinski definition) is 2. The second-order valence-electron chi connectivity index (χ2n) is 5.41. The molecule has 0 aliphatic rings. The average Bonchev–Trinajstić information content (AvgIpc) is 2.53. The molecule has 0 fully saturated rings. The van der Waals surface area contributed by atoms with Gasteiger partial charge in [0.05, 0.1) is 6.54 Å². The van der Waals surface area contributed by atoms with Gasteiger partial charge in [0.15, 0.2) is 5.96 Å². The topological polar surface area (TPSA) is 48.9 Å². The molecule has 0 aromatic heterocycles. The molecule has 0 aliphatic heterocycles. The van der Waals surface area contributed by atoms with Crippen LogP contribution in [0.2, 0.25) is 0 Å². The van der Waals surface area contributed by atoms with Crippen LogP contribution in [0.3, 0.4) is 0 Å². The molecular formula is C17H30N4OS. The van der Waals surface area contributed by atoms with Crippen molar-refractivity contribution in [1.82, 2.24) is 15.5 Å². The summed E-state index contributed by atoms with van der Waals surface area (Å²) >= 11 is 1.82. The van der Waals surface area contributed by atoms with E-state index in [1.54, 1.807) is 0 Å². The standard InChI is InChI=1S/C17H30N4OS/c1-5-18-17(19-9-12-23-4)20-14-15-7-6-8-16(13-15)22-11-10-21(2)3/h6-8,13H,5,9-12,14H2,1-4H3,(H2,18,19,20). The summed E-state index contributed by atoms with van der Waals surface area (Å²) in [6, 6.07) is 8.15. The summed E-state index contributed by atoms with van der Waals surface area (Å²) in [5, 5.41) is 6.60. The van der Waals surface area contributed by atoms with E-state index in [4.69, 9.17) is 4.74 Å². The fraction of sp³-hybridized carbons (Fsp3) is 0.588. The molecule has 0 heterocycles. The van der Waals surface area contributed by atoms with Crippen molar-refractivity contribution in [1.29, 1.82) is 0 Å². The highest BCUT2D eigenvalue weighted by Gasteiger charge is 2.00. The van der Waals surface area contributed by atoms with Crippen LogP contribution in [0.25, 0.3) is 0 Å². The number of guanidine groups is 1. The molecular weight excluding hydrogens is 308 g/mol. The Morgan fingerprint density at radius 3 is 2.83 bits per heavy atom. The van der Waals surface area contributed by atoms with Gasteiger partial charge in [-0.15, -0.1) is 0 Å². The van der Waals surface area contributed by atoms with Gasteiger partial charge in [0, 0.05) is 25.4 Å². The summed E-state index contributed by atoms with van der Waals surface area (Å²) in [6.07, 6.45) is 2.10. The lowest BCUT2D eigenvalue weighted by Gasteiger charge is -2.12. The van der Waals surface area contributed by atoms with Gasteiger partial charge < -0.3 is 20.3 Å². The summed E-state index contributed by atoms with van der Waals surface area (Å²) in [6.45, 7) is 6.09. The van der Waals surface area contributed by atoms with E-state index in [-0.39, 0.29) is 0 Å². The number of ether oxygens (including phenoxy) is 1. The summed E-state index contributed by atoms with van der Waals surface area (Å²) in [4.78, 5) is 6.73. The first-order valence-electron chi connectivity index (χ1n) is 8.03. The van der Waals surface area contributed by atoms with Gasteiger partial charge in [-0.3, -0.25) is 0 Å². The van der Waals surface area contributed by atoms with E-state index in [0.29, 0.717) is 13.2 Å². The molecule has 0 unspecified atom stereocenters. The zero-order valence-corrected chi connectivity index (χ0v) is 15.6. The molecule has 1 aromatic rings. The van der Waals surface area contributed by atoms with Gasteiger partial charge >= 0.3 is 0 Å². The highest BCUT2D eigenvalue weighted by molar-refractivity contribution is 7.98. The second kappa shape index (κ2) is 12.1. The zero-order valence-electron chi connectivity index (χ0n) is 14.8. The molecule has 0 saturated carbocycles. The van der Waals surface area contributed by atoms with Crippen LogP contribution < -0.4 is 15.4 Å². The van der Waals surface area contributed by atoms with Gasteiger partial charge in [-0.1, -0.05) is 12.1 Å². The first-order chi connectivity index (χ1) is 11.2. The van der Waals surface area contributed by atoms with Gasteiger partial charge in [0.25, 0.3) is 0 Å². The van der Waals surface area contributed by atoms with E-state index in [0.717, 1.165) is 42.7 Å². The summed E-state index contributed by atoms with van der Waals surface area (Å²) in [5.41, 5.74) is 1.15. The van der Waals surface area contributed by atoms with Crippen molar-refractivity contribution in [2.75, 3.05) is 52.3 Å². The molecule has 0 spiro atoms. The van der Waals surface area contributed by atoms with Gasteiger partial charge in [-0.2, -0.15) is 11.8 Å². The first-order valence-corrected chi connectivity index (χ1v) is 9.42. The number of benzene rings is 1. The molecule has 0 atom stereocenters. The zero-order chi connectivity index (χ0) is 16.9. The van der Waals surface area contributed by atoms with Crippen molar-refractivity contribution >= 4 is 17.7 Å². The smallest absolute Gasteiger partial charge is 0.191 e. The SMILES string of the molecule is CCNC(=NCc1cccc(OCCN(C)C)c1)NCCSC. The third kappa shape index (κ3) is 9.36. The van der Waals surface area contributed by atoms with Crippen LogP contribution in [0.1, 0.15) is 12.5 Å². The Hall–Kier alpha value is -1.40. The minimum Gasteiger partial charge on any atom is -0.492 e. The largest absolute Gasteiger partial charge is 0.492 e. The number of hydrogen-bond acceptors (Lipinski definition) is 4. The van der Waals surface area contributed by atoms with E-state index in [1.165, 1.54) is 0 Å². The summed E-state index contributed by atoms with van der Waals surface area (Å²) < 4.78 is 5.77. The van der Waals surface area contributed by atoms with E-state index >= 15 is 0 Å². The van der Waals surface area contributed by atoms with Crippen LogP contribution in [0.4, 0.5) is 0 Å². The maximum absolute atomic E-state index is 5.77. The predicted molar refractivity (Wildman–Crippen MR) is 102 cm³/mol. The van der Waals surface area contributed by atoms with Crippen LogP contribution in [0.5, 0.6) is 5.75 Å². The van der Waals surface area contributed by atoms with Crippen LogP contribution >= 0.6 is 11.8 Å². The maximum atomic E-state index is 5.77. The first kappa shape index (κ1) is 19.6. The predicted octanol–water partition coefficient (Wildman–Crippen LogP) is 2.05. The fourth-order valence-electron chi connectivity index (χ4n) is 1.86. The number of nitrogens with one attached hydrogen (secondary N) is 2. The average molecular weight is 339 g/mol. The maximum Gasteiger partial charge on any atom is 0.191 e. The molecule has 1 rings (SSSR count). The van der Waals surface area contributed by atoms with Gasteiger partial charge in [0.1, 0.15) is 12.4 Å². The van der Waals surface area contributed by atoms with Crippen LogP contribution in [-0.4, -0.2) is 63.2 Å². The number of thioether (sulfide) groups is 1. The van der Waals surface area contributed by atoms with Crippen molar-refractivity contribution in [3.8, 4) is 5.75 Å². The Kier molecular flexibility index (Phi) is 10.3. The highest BCUT2D eigenvalue weighted by atomic mass is 32.2. The summed E-state index contributed by atoms with van der Waals surface area (Å²) in [5.74, 6) is 2.83. The van der Waals surface area contributed by atoms with Gasteiger partial charge in [-0.25, -0.2) is 4.99 Å². The Labute approximate surface area is 144 Å². The third-order valence-electron chi connectivity index (χ3n) is 3.07. The van der Waals surface area contributed by atoms with Crippen molar-refractivity contribution in [3.63, 3.8) is 0 Å². The lowest BCUT2D eigenvalue weighted by Crippen LogP contribution is -2.38. The van der Waals surface area contributed by atoms with Gasteiger partial charge in [0.2, 0.25) is 0 Å². The molecule has 1 aromatic carbocycles. The monoisotopic (exact) mass is 338 g/mol. The molecule has 6 heteroatoms. The Morgan fingerprint density at radius 1 is 1.30 bits per heavy atom. The minimum absolute atomic E-state index is 0.638. The molecule has 5 nitrogen and oxygen atoms in total. The number of nitrogens with zero attached hydrogens (tertiary/aromatic N) is 2. The lowest BCUT2D eigenvalue weighted by atomic mass is 10.2. The molecule has 0 amide bonds. The van der Waals surface area contributed by atoms with Crippen LogP contribution in [0.15, 0.2) is 29.3 Å². The molecule has 0 bridgehead atoms. The van der Waals surface area contributed by atoms with Crippen LogP contribution in [0, 0.1) is 0 Å². The fourth-order valence-corrected chi connectivity index (χ4v) is 2.17. The normalized spacial score (nSPS) is 11.6. The van der Waals surface area contributed by atoms with Crippen molar-refractivity contribution in [3.05, 3.63) is 29.8 Å². The molecule has 0 radical (unpaired) electrons. The molecule has 2 N–H and O–H groups in total. The Bertz CT molecular complexity index is 466. The Morgan fingerprint density at radius 2 is 2.13 bits per heavy atom. The summed E-state index contributed by atoms with van der Waals surface area (Å²) in [7, 11) is 4.08. The molecule has 0 saturated heterocycles.